The van der Waals surface area contributed by atoms with Crippen molar-refractivity contribution < 1.29 is 9.18 Å². The van der Waals surface area contributed by atoms with Crippen LogP contribution in [0.5, 0.6) is 0 Å². The largest absolute Gasteiger partial charge is 0.351 e. The number of benzene rings is 1. The molecule has 110 valence electrons. The first-order chi connectivity index (χ1) is 9.39. The summed E-state index contributed by atoms with van der Waals surface area (Å²) in [6.07, 6.45) is 2.10. The average molecular weight is 343 g/mol. The van der Waals surface area contributed by atoms with Gasteiger partial charge in [0.05, 0.1) is 5.56 Å². The van der Waals surface area contributed by atoms with Crippen molar-refractivity contribution in [1.29, 1.82) is 0 Å². The summed E-state index contributed by atoms with van der Waals surface area (Å²) in [5.74, 6) is -0.833. The summed E-state index contributed by atoms with van der Waals surface area (Å²) in [7, 11) is 2.11. The van der Waals surface area contributed by atoms with Crippen LogP contribution in [0.2, 0.25) is 0 Å². The van der Waals surface area contributed by atoms with Crippen LogP contribution in [0.3, 0.4) is 0 Å². The number of piperidine rings is 1. The molecule has 1 saturated heterocycles. The summed E-state index contributed by atoms with van der Waals surface area (Å²) in [6.45, 7) is 4.85. The lowest BCUT2D eigenvalue weighted by molar-refractivity contribution is 0.0887. The molecular weight excluding hydrogens is 323 g/mol. The van der Waals surface area contributed by atoms with E-state index < -0.39 is 5.82 Å². The Balaban J connectivity index is 1.95. The number of likely N-dealkylation sites (tertiary alicyclic amines) is 1. The van der Waals surface area contributed by atoms with E-state index >= 15 is 0 Å². The number of rotatable bonds is 3. The number of nitrogens with zero attached hydrogens (tertiary/aromatic N) is 1. The number of halogens is 2. The normalized spacial score (nSPS) is 18.8. The van der Waals surface area contributed by atoms with E-state index in [4.69, 9.17) is 0 Å². The molecule has 0 spiro atoms. The molecule has 1 aliphatic heterocycles. The van der Waals surface area contributed by atoms with Gasteiger partial charge in [-0.1, -0.05) is 22.9 Å². The molecule has 0 aromatic heterocycles. The topological polar surface area (TPSA) is 32.3 Å². The zero-order chi connectivity index (χ0) is 14.8. The van der Waals surface area contributed by atoms with Gasteiger partial charge in [-0.05, 0) is 56.6 Å². The van der Waals surface area contributed by atoms with Crippen molar-refractivity contribution in [2.45, 2.75) is 19.8 Å². The number of carbonyl (C=O) groups excluding carboxylic acids is 1. The summed E-state index contributed by atoms with van der Waals surface area (Å²) in [5, 5.41) is 2.87. The molecule has 2 rings (SSSR count). The first-order valence-corrected chi connectivity index (χ1v) is 7.61. The Morgan fingerprint density at radius 2 is 2.10 bits per heavy atom. The number of hydrogen-bond donors (Lipinski definition) is 1. The van der Waals surface area contributed by atoms with Gasteiger partial charge in [0.25, 0.3) is 5.91 Å². The van der Waals surface area contributed by atoms with Crippen molar-refractivity contribution in [3.63, 3.8) is 0 Å². The highest BCUT2D eigenvalue weighted by Crippen LogP contribution is 2.29. The van der Waals surface area contributed by atoms with E-state index in [1.165, 1.54) is 12.1 Å². The van der Waals surface area contributed by atoms with Crippen molar-refractivity contribution in [2.75, 3.05) is 26.7 Å². The Morgan fingerprint density at radius 3 is 2.70 bits per heavy atom. The van der Waals surface area contributed by atoms with E-state index in [1.54, 1.807) is 6.07 Å². The molecular formula is C15H20BrFN2O. The van der Waals surface area contributed by atoms with Gasteiger partial charge in [-0.15, -0.1) is 0 Å². The molecule has 0 atom stereocenters. The second-order valence-electron chi connectivity index (χ2n) is 5.92. The standard InChI is InChI=1S/C15H20BrFN2O/c1-15(5-7-19(2)8-6-15)10-18-14(20)12-4-3-11(16)9-13(12)17/h3-4,9H,5-8,10H2,1-2H3,(H,18,20). The van der Waals surface area contributed by atoms with E-state index in [0.29, 0.717) is 11.0 Å². The van der Waals surface area contributed by atoms with Gasteiger partial charge >= 0.3 is 0 Å². The van der Waals surface area contributed by atoms with Crippen LogP contribution in [0, 0.1) is 11.2 Å². The molecule has 0 aliphatic carbocycles. The Kier molecular flexibility index (Phi) is 4.81. The minimum atomic E-state index is -0.495. The third-order valence-electron chi connectivity index (χ3n) is 4.05. The molecule has 1 aliphatic rings. The molecule has 1 fully saturated rings. The first kappa shape index (κ1) is 15.4. The molecule has 1 amide bonds. The lowest BCUT2D eigenvalue weighted by Gasteiger charge is -2.37. The fourth-order valence-corrected chi connectivity index (χ4v) is 2.73. The predicted molar refractivity (Wildman–Crippen MR) is 81.3 cm³/mol. The average Bonchev–Trinajstić information content (AvgIpc) is 2.40. The number of amides is 1. The van der Waals surface area contributed by atoms with Gasteiger partial charge in [0.15, 0.2) is 0 Å². The third kappa shape index (κ3) is 3.79. The van der Waals surface area contributed by atoms with Crippen molar-refractivity contribution in [2.24, 2.45) is 5.41 Å². The molecule has 20 heavy (non-hydrogen) atoms. The fourth-order valence-electron chi connectivity index (χ4n) is 2.40. The Hall–Kier alpha value is -0.940. The van der Waals surface area contributed by atoms with Gasteiger partial charge in [-0.3, -0.25) is 4.79 Å². The minimum Gasteiger partial charge on any atom is -0.351 e. The molecule has 0 radical (unpaired) electrons. The van der Waals surface area contributed by atoms with Gasteiger partial charge in [-0.25, -0.2) is 4.39 Å². The van der Waals surface area contributed by atoms with Crippen LogP contribution in [-0.4, -0.2) is 37.5 Å². The van der Waals surface area contributed by atoms with E-state index in [2.05, 4.69) is 40.1 Å². The molecule has 1 aromatic rings. The molecule has 5 heteroatoms. The zero-order valence-corrected chi connectivity index (χ0v) is 13.5. The maximum Gasteiger partial charge on any atom is 0.254 e. The Labute approximate surface area is 127 Å². The highest BCUT2D eigenvalue weighted by atomic mass is 79.9. The zero-order valence-electron chi connectivity index (χ0n) is 11.9. The SMILES string of the molecule is CN1CCC(C)(CNC(=O)c2ccc(Br)cc2F)CC1. The van der Waals surface area contributed by atoms with Gasteiger partial charge < -0.3 is 10.2 Å². The summed E-state index contributed by atoms with van der Waals surface area (Å²) >= 11 is 3.18. The number of carbonyl (C=O) groups is 1. The molecule has 1 N–H and O–H groups in total. The Morgan fingerprint density at radius 1 is 1.45 bits per heavy atom. The molecule has 0 saturated carbocycles. The number of nitrogens with one attached hydrogen (secondary N) is 1. The second kappa shape index (κ2) is 6.22. The molecule has 3 nitrogen and oxygen atoms in total. The van der Waals surface area contributed by atoms with Crippen LogP contribution in [-0.2, 0) is 0 Å². The van der Waals surface area contributed by atoms with Crippen LogP contribution in [0.15, 0.2) is 22.7 Å². The van der Waals surface area contributed by atoms with Crippen LogP contribution < -0.4 is 5.32 Å². The molecule has 0 bridgehead atoms. The highest BCUT2D eigenvalue weighted by molar-refractivity contribution is 9.10. The van der Waals surface area contributed by atoms with Crippen LogP contribution in [0.25, 0.3) is 0 Å². The van der Waals surface area contributed by atoms with Crippen molar-refractivity contribution in [3.05, 3.63) is 34.1 Å². The lowest BCUT2D eigenvalue weighted by Crippen LogP contribution is -2.43. The molecule has 1 heterocycles. The monoisotopic (exact) mass is 342 g/mol. The van der Waals surface area contributed by atoms with Crippen LogP contribution >= 0.6 is 15.9 Å². The minimum absolute atomic E-state index is 0.102. The molecule has 0 unspecified atom stereocenters. The van der Waals surface area contributed by atoms with Gasteiger partial charge in [0.1, 0.15) is 5.82 Å². The second-order valence-corrected chi connectivity index (χ2v) is 6.84. The fraction of sp³-hybridized carbons (Fsp3) is 0.533. The van der Waals surface area contributed by atoms with Gasteiger partial charge in [-0.2, -0.15) is 0 Å². The maximum atomic E-state index is 13.7. The van der Waals surface area contributed by atoms with E-state index in [0.717, 1.165) is 25.9 Å². The van der Waals surface area contributed by atoms with Crippen LogP contribution in [0.4, 0.5) is 4.39 Å². The number of hydrogen-bond acceptors (Lipinski definition) is 2. The van der Waals surface area contributed by atoms with Gasteiger partial charge in [0, 0.05) is 11.0 Å². The summed E-state index contributed by atoms with van der Waals surface area (Å²) in [6, 6.07) is 4.49. The summed E-state index contributed by atoms with van der Waals surface area (Å²) in [4.78, 5) is 14.3. The van der Waals surface area contributed by atoms with Gasteiger partial charge in [0.2, 0.25) is 0 Å². The summed E-state index contributed by atoms with van der Waals surface area (Å²) < 4.78 is 14.3. The third-order valence-corrected chi connectivity index (χ3v) is 4.54. The Bertz CT molecular complexity index is 499. The lowest BCUT2D eigenvalue weighted by atomic mass is 9.80. The quantitative estimate of drug-likeness (QED) is 0.915. The summed E-state index contributed by atoms with van der Waals surface area (Å²) in [5.41, 5.74) is 0.207. The van der Waals surface area contributed by atoms with Crippen molar-refractivity contribution in [1.82, 2.24) is 10.2 Å². The molecule has 1 aromatic carbocycles. The van der Waals surface area contributed by atoms with Crippen molar-refractivity contribution in [3.8, 4) is 0 Å². The van der Waals surface area contributed by atoms with Crippen LogP contribution in [0.1, 0.15) is 30.1 Å². The first-order valence-electron chi connectivity index (χ1n) is 6.81. The predicted octanol–water partition coefficient (Wildman–Crippen LogP) is 3.05. The smallest absolute Gasteiger partial charge is 0.254 e. The highest BCUT2D eigenvalue weighted by Gasteiger charge is 2.29. The van der Waals surface area contributed by atoms with E-state index in [-0.39, 0.29) is 16.9 Å². The van der Waals surface area contributed by atoms with E-state index in [9.17, 15) is 9.18 Å². The van der Waals surface area contributed by atoms with E-state index in [1.807, 2.05) is 0 Å². The maximum absolute atomic E-state index is 13.7. The van der Waals surface area contributed by atoms with Crippen molar-refractivity contribution >= 4 is 21.8 Å².